The fourth-order valence-electron chi connectivity index (χ4n) is 2.23. The Morgan fingerprint density at radius 2 is 1.70 bits per heavy atom. The van der Waals surface area contributed by atoms with Gasteiger partial charge in [-0.3, -0.25) is 0 Å². The Balaban J connectivity index is 2.09. The Morgan fingerprint density at radius 1 is 1.10 bits per heavy atom. The maximum atomic E-state index is 10.6. The molecule has 1 aliphatic rings. The molecule has 0 aromatic carbocycles. The van der Waals surface area contributed by atoms with Crippen molar-refractivity contribution in [1.29, 1.82) is 0 Å². The molecule has 1 aromatic rings. The number of carbonyl (C=O) groups is 2. The number of hydrogen-bond donors (Lipinski definition) is 0. The molecule has 6 nitrogen and oxygen atoms in total. The van der Waals surface area contributed by atoms with Crippen molar-refractivity contribution in [2.24, 2.45) is 0 Å². The van der Waals surface area contributed by atoms with Gasteiger partial charge in [0.1, 0.15) is 0 Å². The summed E-state index contributed by atoms with van der Waals surface area (Å²) in [6, 6.07) is 0. The molecule has 0 saturated heterocycles. The quantitative estimate of drug-likeness (QED) is 0.647. The van der Waals surface area contributed by atoms with E-state index >= 15 is 0 Å². The lowest BCUT2D eigenvalue weighted by Crippen LogP contribution is -2.34. The number of aryl methyl sites for hydroxylation is 2. The first-order chi connectivity index (χ1) is 9.56. The van der Waals surface area contributed by atoms with Crippen LogP contribution in [0.2, 0.25) is 0 Å². The normalized spacial score (nSPS) is 13.8. The number of aliphatic carboxylic acids is 2. The molecule has 0 aliphatic heterocycles. The summed E-state index contributed by atoms with van der Waals surface area (Å²) in [6.07, 6.45) is 3.93. The second-order valence-electron chi connectivity index (χ2n) is 4.80. The standard InChI is InChI=1S/C13H18N2O4S/c16-11(17)5-7-15(8-6-12(18)19)13-14-9-3-1-2-4-10(9)20-13/h1-8H2,(H,16,17)(H,18,19)/p-2. The Hall–Kier alpha value is -1.63. The van der Waals surface area contributed by atoms with Gasteiger partial charge in [0.2, 0.25) is 0 Å². The summed E-state index contributed by atoms with van der Waals surface area (Å²) in [5.74, 6) is -2.30. The Morgan fingerprint density at radius 3 is 2.25 bits per heavy atom. The molecule has 1 heterocycles. The zero-order valence-corrected chi connectivity index (χ0v) is 11.9. The molecule has 1 aromatic heterocycles. The van der Waals surface area contributed by atoms with Crippen LogP contribution < -0.4 is 15.1 Å². The Bertz CT molecular complexity index is 459. The number of thiazole rings is 1. The summed E-state index contributed by atoms with van der Waals surface area (Å²) in [6.45, 7) is 0.421. The molecule has 0 atom stereocenters. The molecule has 0 bridgehead atoms. The number of fused-ring (bicyclic) bond motifs is 1. The van der Waals surface area contributed by atoms with Crippen LogP contribution in [0.15, 0.2) is 0 Å². The molecule has 0 unspecified atom stereocenters. The molecule has 7 heteroatoms. The van der Waals surface area contributed by atoms with Crippen LogP contribution in [0.1, 0.15) is 36.3 Å². The summed E-state index contributed by atoms with van der Waals surface area (Å²) in [5.41, 5.74) is 1.07. The number of carboxylic acids is 2. The number of nitrogens with zero attached hydrogens (tertiary/aromatic N) is 2. The third-order valence-electron chi connectivity index (χ3n) is 3.28. The van der Waals surface area contributed by atoms with Gasteiger partial charge in [-0.15, -0.1) is 11.3 Å². The first-order valence-electron chi connectivity index (χ1n) is 6.69. The third-order valence-corrected chi connectivity index (χ3v) is 4.49. The van der Waals surface area contributed by atoms with Crippen molar-refractivity contribution in [3.05, 3.63) is 10.6 Å². The van der Waals surface area contributed by atoms with Gasteiger partial charge in [0.25, 0.3) is 0 Å². The van der Waals surface area contributed by atoms with Gasteiger partial charge >= 0.3 is 0 Å². The highest BCUT2D eigenvalue weighted by molar-refractivity contribution is 7.15. The average molecular weight is 296 g/mol. The molecule has 0 fully saturated rings. The molecule has 0 saturated carbocycles. The molecule has 110 valence electrons. The topological polar surface area (TPSA) is 96.4 Å². The highest BCUT2D eigenvalue weighted by Crippen LogP contribution is 2.31. The van der Waals surface area contributed by atoms with E-state index in [4.69, 9.17) is 0 Å². The van der Waals surface area contributed by atoms with Gasteiger partial charge in [0.05, 0.1) is 5.69 Å². The first-order valence-corrected chi connectivity index (χ1v) is 7.51. The Labute approximate surface area is 121 Å². The number of aromatic nitrogens is 1. The molecule has 1 aliphatic carbocycles. The summed E-state index contributed by atoms with van der Waals surface area (Å²) in [4.78, 5) is 28.6. The fourth-order valence-corrected chi connectivity index (χ4v) is 3.43. The molecule has 0 radical (unpaired) electrons. The van der Waals surface area contributed by atoms with Crippen molar-refractivity contribution in [1.82, 2.24) is 4.98 Å². The molecule has 0 spiro atoms. The van der Waals surface area contributed by atoms with E-state index in [9.17, 15) is 19.8 Å². The fraction of sp³-hybridized carbons (Fsp3) is 0.615. The van der Waals surface area contributed by atoms with Crippen LogP contribution in [-0.2, 0) is 22.4 Å². The van der Waals surface area contributed by atoms with Gasteiger partial charge in [-0.25, -0.2) is 4.98 Å². The monoisotopic (exact) mass is 296 g/mol. The van der Waals surface area contributed by atoms with Gasteiger partial charge < -0.3 is 24.7 Å². The zero-order valence-electron chi connectivity index (χ0n) is 11.1. The summed E-state index contributed by atoms with van der Waals surface area (Å²) in [5, 5.41) is 21.9. The smallest absolute Gasteiger partial charge is 0.185 e. The lowest BCUT2D eigenvalue weighted by molar-refractivity contribution is -0.306. The van der Waals surface area contributed by atoms with E-state index in [2.05, 4.69) is 4.98 Å². The Kier molecular flexibility index (Phi) is 4.94. The lowest BCUT2D eigenvalue weighted by atomic mass is 10.0. The lowest BCUT2D eigenvalue weighted by Gasteiger charge is -2.22. The minimum absolute atomic E-state index is 0.142. The van der Waals surface area contributed by atoms with E-state index in [0.29, 0.717) is 5.13 Å². The van der Waals surface area contributed by atoms with Crippen molar-refractivity contribution in [3.63, 3.8) is 0 Å². The van der Waals surface area contributed by atoms with E-state index < -0.39 is 11.9 Å². The number of hydrogen-bond acceptors (Lipinski definition) is 7. The van der Waals surface area contributed by atoms with Crippen molar-refractivity contribution in [2.75, 3.05) is 18.0 Å². The summed E-state index contributed by atoms with van der Waals surface area (Å²) < 4.78 is 0. The van der Waals surface area contributed by atoms with Crippen LogP contribution >= 0.6 is 11.3 Å². The van der Waals surface area contributed by atoms with E-state index in [-0.39, 0.29) is 25.9 Å². The molecule has 0 N–H and O–H groups in total. The highest BCUT2D eigenvalue weighted by atomic mass is 32.1. The SMILES string of the molecule is O=C([O-])CCN(CCC(=O)[O-])c1nc2c(s1)CCCC2. The predicted octanol–water partition coefficient (Wildman–Crippen LogP) is -0.892. The maximum absolute atomic E-state index is 10.6. The maximum Gasteiger partial charge on any atom is 0.185 e. The minimum Gasteiger partial charge on any atom is -0.550 e. The van der Waals surface area contributed by atoms with Gasteiger partial charge in [0, 0.05) is 42.7 Å². The second-order valence-corrected chi connectivity index (χ2v) is 5.87. The molecular formula is C13H16N2O4S-2. The van der Waals surface area contributed by atoms with Gasteiger partial charge in [-0.1, -0.05) is 0 Å². The van der Waals surface area contributed by atoms with E-state index in [1.807, 2.05) is 0 Å². The van der Waals surface area contributed by atoms with Crippen LogP contribution in [0.25, 0.3) is 0 Å². The van der Waals surface area contributed by atoms with Crippen LogP contribution in [0.3, 0.4) is 0 Å². The van der Waals surface area contributed by atoms with E-state index in [1.165, 1.54) is 16.2 Å². The van der Waals surface area contributed by atoms with Gasteiger partial charge in [0.15, 0.2) is 5.13 Å². The third kappa shape index (κ3) is 3.93. The van der Waals surface area contributed by atoms with Crippen molar-refractivity contribution in [3.8, 4) is 0 Å². The predicted molar refractivity (Wildman–Crippen MR) is 70.2 cm³/mol. The number of anilines is 1. The van der Waals surface area contributed by atoms with Crippen LogP contribution in [0.4, 0.5) is 5.13 Å². The molecular weight excluding hydrogens is 280 g/mol. The second kappa shape index (κ2) is 6.69. The number of carbonyl (C=O) groups excluding carboxylic acids is 2. The van der Waals surface area contributed by atoms with Crippen molar-refractivity contribution >= 4 is 28.4 Å². The van der Waals surface area contributed by atoms with E-state index in [1.54, 1.807) is 4.90 Å². The first kappa shape index (κ1) is 14.8. The number of rotatable bonds is 7. The van der Waals surface area contributed by atoms with Crippen LogP contribution in [0, 0.1) is 0 Å². The van der Waals surface area contributed by atoms with Crippen molar-refractivity contribution in [2.45, 2.75) is 38.5 Å². The van der Waals surface area contributed by atoms with Crippen LogP contribution in [-0.4, -0.2) is 30.0 Å². The molecule has 20 heavy (non-hydrogen) atoms. The van der Waals surface area contributed by atoms with E-state index in [0.717, 1.165) is 31.4 Å². The van der Waals surface area contributed by atoms with Gasteiger partial charge in [-0.2, -0.15) is 0 Å². The highest BCUT2D eigenvalue weighted by Gasteiger charge is 2.18. The molecule has 2 rings (SSSR count). The average Bonchev–Trinajstić information content (AvgIpc) is 2.81. The zero-order chi connectivity index (χ0) is 14.5. The largest absolute Gasteiger partial charge is 0.550 e. The summed E-state index contributed by atoms with van der Waals surface area (Å²) >= 11 is 1.53. The summed E-state index contributed by atoms with van der Waals surface area (Å²) in [7, 11) is 0. The van der Waals surface area contributed by atoms with Gasteiger partial charge in [-0.05, 0) is 25.7 Å². The van der Waals surface area contributed by atoms with Crippen LogP contribution in [0.5, 0.6) is 0 Å². The van der Waals surface area contributed by atoms with Crippen molar-refractivity contribution < 1.29 is 19.8 Å². The molecule has 0 amide bonds. The number of carboxylic acid groups (broad SMARTS) is 2. The minimum atomic E-state index is -1.15.